The van der Waals surface area contributed by atoms with Gasteiger partial charge < -0.3 is 14.7 Å². The average Bonchev–Trinajstić information content (AvgIpc) is 3.44. The Balaban J connectivity index is 1.71. The Hall–Kier alpha value is -3.38. The highest BCUT2D eigenvalue weighted by molar-refractivity contribution is 7.12. The van der Waals surface area contributed by atoms with Crippen LogP contribution in [0.3, 0.4) is 0 Å². The molecule has 0 saturated heterocycles. The summed E-state index contributed by atoms with van der Waals surface area (Å²) in [7, 11) is 0. The molecule has 0 aliphatic carbocycles. The Labute approximate surface area is 191 Å². The van der Waals surface area contributed by atoms with Crippen molar-refractivity contribution in [2.75, 3.05) is 13.2 Å². The standard InChI is InChI=1S/C26H25NO4S/c1-2-15-31-20-11-6-10-19(17-20)23-22(24(28)21-12-7-16-32-21)25(29)26(30)27(23)14-13-18-8-4-3-5-9-18/h3-12,16-17,23,29H,2,13-15H2,1H3. The molecule has 1 atom stereocenters. The molecule has 32 heavy (non-hydrogen) atoms. The molecule has 0 spiro atoms. The van der Waals surface area contributed by atoms with Crippen molar-refractivity contribution in [2.45, 2.75) is 25.8 Å². The molecule has 0 fully saturated rings. The molecule has 2 heterocycles. The minimum Gasteiger partial charge on any atom is -0.503 e. The summed E-state index contributed by atoms with van der Waals surface area (Å²) >= 11 is 1.29. The van der Waals surface area contributed by atoms with Gasteiger partial charge in [-0.25, -0.2) is 0 Å². The van der Waals surface area contributed by atoms with Crippen LogP contribution in [0.25, 0.3) is 0 Å². The first-order valence-corrected chi connectivity index (χ1v) is 11.6. The third-order valence-electron chi connectivity index (χ3n) is 5.42. The molecule has 0 saturated carbocycles. The predicted octanol–water partition coefficient (Wildman–Crippen LogP) is 5.36. The number of nitrogens with zero attached hydrogens (tertiary/aromatic N) is 1. The van der Waals surface area contributed by atoms with E-state index in [2.05, 4.69) is 0 Å². The van der Waals surface area contributed by atoms with E-state index in [9.17, 15) is 14.7 Å². The van der Waals surface area contributed by atoms with E-state index in [1.54, 1.807) is 17.0 Å². The van der Waals surface area contributed by atoms with Gasteiger partial charge in [-0.2, -0.15) is 0 Å². The first-order valence-electron chi connectivity index (χ1n) is 10.7. The van der Waals surface area contributed by atoms with Gasteiger partial charge in [-0.05, 0) is 47.5 Å². The van der Waals surface area contributed by atoms with Gasteiger partial charge in [-0.15, -0.1) is 11.3 Å². The first-order chi connectivity index (χ1) is 15.6. The van der Waals surface area contributed by atoms with Crippen molar-refractivity contribution >= 4 is 23.0 Å². The van der Waals surface area contributed by atoms with Crippen molar-refractivity contribution in [3.63, 3.8) is 0 Å². The molecule has 3 aromatic rings. The van der Waals surface area contributed by atoms with Gasteiger partial charge in [0.2, 0.25) is 5.78 Å². The number of aliphatic hydroxyl groups excluding tert-OH is 1. The topological polar surface area (TPSA) is 66.8 Å². The number of ether oxygens (including phenoxy) is 1. The maximum absolute atomic E-state index is 13.3. The van der Waals surface area contributed by atoms with E-state index in [1.165, 1.54) is 11.3 Å². The normalized spacial score (nSPS) is 16.0. The maximum Gasteiger partial charge on any atom is 0.290 e. The minimum absolute atomic E-state index is 0.123. The minimum atomic E-state index is -0.675. The summed E-state index contributed by atoms with van der Waals surface area (Å²) in [5.41, 5.74) is 1.94. The van der Waals surface area contributed by atoms with Crippen LogP contribution in [0, 0.1) is 0 Å². The summed E-state index contributed by atoms with van der Waals surface area (Å²) in [4.78, 5) is 28.5. The number of aliphatic hydroxyl groups is 1. The molecule has 1 amide bonds. The molecular weight excluding hydrogens is 422 g/mol. The molecule has 1 N–H and O–H groups in total. The summed E-state index contributed by atoms with van der Waals surface area (Å²) in [6.07, 6.45) is 1.49. The van der Waals surface area contributed by atoms with Crippen LogP contribution in [0.4, 0.5) is 0 Å². The van der Waals surface area contributed by atoms with E-state index < -0.39 is 17.7 Å². The summed E-state index contributed by atoms with van der Waals surface area (Å²) in [6, 6.07) is 20.1. The van der Waals surface area contributed by atoms with Crippen molar-refractivity contribution in [3.8, 4) is 5.75 Å². The molecule has 0 bridgehead atoms. The largest absolute Gasteiger partial charge is 0.503 e. The monoisotopic (exact) mass is 447 g/mol. The fraction of sp³-hybridized carbons (Fsp3) is 0.231. The van der Waals surface area contributed by atoms with Gasteiger partial charge in [0.25, 0.3) is 5.91 Å². The number of Topliss-reactive ketones (excluding diaryl/α,β-unsaturated/α-hetero) is 1. The number of benzene rings is 2. The SMILES string of the molecule is CCCOc1cccc(C2C(C(=O)c3cccs3)=C(O)C(=O)N2CCc2ccccc2)c1. The lowest BCUT2D eigenvalue weighted by Crippen LogP contribution is -2.33. The molecule has 4 rings (SSSR count). The molecule has 1 aliphatic rings. The van der Waals surface area contributed by atoms with Crippen LogP contribution in [-0.4, -0.2) is 34.8 Å². The first kappa shape index (κ1) is 21.8. The second kappa shape index (κ2) is 9.83. The number of hydrogen-bond acceptors (Lipinski definition) is 5. The van der Waals surface area contributed by atoms with Gasteiger partial charge in [0.15, 0.2) is 5.76 Å². The summed E-state index contributed by atoms with van der Waals surface area (Å²) in [6.45, 7) is 2.98. The smallest absolute Gasteiger partial charge is 0.290 e. The number of ketones is 1. The Kier molecular flexibility index (Phi) is 6.71. The predicted molar refractivity (Wildman–Crippen MR) is 125 cm³/mol. The molecule has 1 aromatic heterocycles. The average molecular weight is 448 g/mol. The van der Waals surface area contributed by atoms with Crippen LogP contribution in [0.5, 0.6) is 5.75 Å². The Morgan fingerprint density at radius 1 is 1.09 bits per heavy atom. The zero-order valence-corrected chi connectivity index (χ0v) is 18.7. The third-order valence-corrected chi connectivity index (χ3v) is 6.29. The highest BCUT2D eigenvalue weighted by Gasteiger charge is 2.43. The maximum atomic E-state index is 13.3. The van der Waals surface area contributed by atoms with Crippen LogP contribution >= 0.6 is 11.3 Å². The zero-order chi connectivity index (χ0) is 22.5. The van der Waals surface area contributed by atoms with Crippen molar-refractivity contribution in [1.29, 1.82) is 0 Å². The van der Waals surface area contributed by atoms with Crippen LogP contribution in [0.15, 0.2) is 83.4 Å². The molecule has 1 unspecified atom stereocenters. The number of carbonyl (C=O) groups is 2. The lowest BCUT2D eigenvalue weighted by molar-refractivity contribution is -0.129. The van der Waals surface area contributed by atoms with Gasteiger partial charge >= 0.3 is 0 Å². The zero-order valence-electron chi connectivity index (χ0n) is 17.9. The lowest BCUT2D eigenvalue weighted by atomic mass is 9.95. The van der Waals surface area contributed by atoms with E-state index >= 15 is 0 Å². The second-order valence-electron chi connectivity index (χ2n) is 7.63. The number of rotatable bonds is 9. The molecule has 0 radical (unpaired) electrons. The number of carbonyl (C=O) groups excluding carboxylic acids is 2. The Morgan fingerprint density at radius 2 is 1.91 bits per heavy atom. The summed E-state index contributed by atoms with van der Waals surface area (Å²) in [5, 5.41) is 12.6. The van der Waals surface area contributed by atoms with Gasteiger partial charge in [-0.3, -0.25) is 9.59 Å². The fourth-order valence-electron chi connectivity index (χ4n) is 3.89. The van der Waals surface area contributed by atoms with Gasteiger partial charge in [0.05, 0.1) is 23.1 Å². The van der Waals surface area contributed by atoms with Gasteiger partial charge in [0, 0.05) is 6.54 Å². The third kappa shape index (κ3) is 4.46. The van der Waals surface area contributed by atoms with Crippen molar-refractivity contribution in [2.24, 2.45) is 0 Å². The van der Waals surface area contributed by atoms with Crippen LogP contribution in [0.2, 0.25) is 0 Å². The van der Waals surface area contributed by atoms with Gasteiger partial charge in [-0.1, -0.05) is 55.5 Å². The van der Waals surface area contributed by atoms with E-state index in [4.69, 9.17) is 4.74 Å². The molecule has 6 heteroatoms. The molecule has 1 aliphatic heterocycles. The van der Waals surface area contributed by atoms with E-state index in [0.717, 1.165) is 17.5 Å². The highest BCUT2D eigenvalue weighted by atomic mass is 32.1. The molecule has 164 valence electrons. The van der Waals surface area contributed by atoms with E-state index in [-0.39, 0.29) is 11.4 Å². The molecule has 5 nitrogen and oxygen atoms in total. The Morgan fingerprint density at radius 3 is 2.62 bits per heavy atom. The van der Waals surface area contributed by atoms with Crippen molar-refractivity contribution < 1.29 is 19.4 Å². The highest BCUT2D eigenvalue weighted by Crippen LogP contribution is 2.40. The van der Waals surface area contributed by atoms with Crippen molar-refractivity contribution in [1.82, 2.24) is 4.90 Å². The van der Waals surface area contributed by atoms with Crippen LogP contribution < -0.4 is 4.74 Å². The summed E-state index contributed by atoms with van der Waals surface area (Å²) in [5.74, 6) is -0.640. The molecule has 2 aromatic carbocycles. The van der Waals surface area contributed by atoms with Crippen LogP contribution in [0.1, 0.15) is 40.2 Å². The van der Waals surface area contributed by atoms with E-state index in [0.29, 0.717) is 30.2 Å². The van der Waals surface area contributed by atoms with Crippen molar-refractivity contribution in [3.05, 3.63) is 99.4 Å². The number of thiophene rings is 1. The van der Waals surface area contributed by atoms with Crippen LogP contribution in [-0.2, 0) is 11.2 Å². The lowest BCUT2D eigenvalue weighted by Gasteiger charge is -2.27. The number of amides is 1. The van der Waals surface area contributed by atoms with Gasteiger partial charge in [0.1, 0.15) is 5.75 Å². The van der Waals surface area contributed by atoms with E-state index in [1.807, 2.05) is 66.9 Å². The molecular formula is C26H25NO4S. The quantitative estimate of drug-likeness (QED) is 0.449. The second-order valence-corrected chi connectivity index (χ2v) is 8.57. The number of hydrogen-bond donors (Lipinski definition) is 1. The fourth-order valence-corrected chi connectivity index (χ4v) is 4.57. The Bertz CT molecular complexity index is 1120. The summed E-state index contributed by atoms with van der Waals surface area (Å²) < 4.78 is 5.78.